The van der Waals surface area contributed by atoms with Crippen molar-refractivity contribution >= 4 is 80.9 Å². The van der Waals surface area contributed by atoms with Crippen molar-refractivity contribution in [1.82, 2.24) is 55.7 Å². The van der Waals surface area contributed by atoms with E-state index in [9.17, 15) is 72.8 Å². The van der Waals surface area contributed by atoms with Crippen LogP contribution in [0.5, 0.6) is 5.75 Å². The van der Waals surface area contributed by atoms with E-state index in [2.05, 4.69) is 61.0 Å². The predicted molar refractivity (Wildman–Crippen MR) is 333 cm³/mol. The first-order valence-electron chi connectivity index (χ1n) is 30.6. The molecule has 8 N–H and O–H groups in total. The summed E-state index contributed by atoms with van der Waals surface area (Å²) in [4.78, 5) is 117. The Morgan fingerprint density at radius 2 is 1.38 bits per heavy atom. The minimum Gasteiger partial charge on any atom is -0.494 e. The van der Waals surface area contributed by atoms with Gasteiger partial charge >= 0.3 is 17.9 Å². The van der Waals surface area contributed by atoms with Crippen molar-refractivity contribution in [2.45, 2.75) is 101 Å². The van der Waals surface area contributed by atoms with E-state index < -0.39 is 91.3 Å². The fourth-order valence-corrected chi connectivity index (χ4v) is 11.5. The lowest BCUT2D eigenvalue weighted by Gasteiger charge is -2.34. The quantitative estimate of drug-likeness (QED) is 0.0251. The number of aromatic nitrogens is 1. The highest BCUT2D eigenvalue weighted by atomic mass is 127. The number of unbranched alkanes of at least 4 members (excludes halogenated alkanes) is 1. The van der Waals surface area contributed by atoms with Crippen molar-refractivity contribution in [2.24, 2.45) is 5.92 Å². The molecule has 3 aromatic rings. The molecule has 4 heterocycles. The molecule has 3 aliphatic heterocycles. The molecule has 0 aliphatic carbocycles. The zero-order chi connectivity index (χ0) is 65.2. The lowest BCUT2D eigenvalue weighted by Crippen LogP contribution is -2.56. The number of nitriles is 1. The predicted octanol–water partition coefficient (Wildman–Crippen LogP) is 1.92. The van der Waals surface area contributed by atoms with Crippen LogP contribution >= 0.6 is 22.6 Å². The third kappa shape index (κ3) is 25.1. The zero-order valence-corrected chi connectivity index (χ0v) is 53.0. The number of carboxylic acids is 3. The van der Waals surface area contributed by atoms with Crippen LogP contribution in [-0.4, -0.2) is 264 Å². The number of ether oxygens (including phenoxy) is 2. The summed E-state index contributed by atoms with van der Waals surface area (Å²) in [5, 5.41) is 60.3. The Morgan fingerprint density at radius 3 is 1.98 bits per heavy atom. The number of amides is 5. The number of halogens is 3. The Bertz CT molecular complexity index is 2890. The van der Waals surface area contributed by atoms with Gasteiger partial charge in [0.15, 0.2) is 0 Å². The molecule has 6 rings (SSSR count). The fraction of sp³-hybridized carbons (Fsp3) is 0.607. The van der Waals surface area contributed by atoms with Crippen LogP contribution in [0.15, 0.2) is 54.7 Å². The van der Waals surface area contributed by atoms with E-state index in [1.54, 1.807) is 55.7 Å². The molecule has 2 aromatic carbocycles. The van der Waals surface area contributed by atoms with Crippen LogP contribution < -0.4 is 26.0 Å². The van der Waals surface area contributed by atoms with E-state index in [1.165, 1.54) is 17.8 Å². The number of rotatable bonds is 32. The highest BCUT2D eigenvalue weighted by molar-refractivity contribution is 14.1. The number of hydrogen-bond donors (Lipinski definition) is 8. The molecular formula is C61H85F2IN12O14. The van der Waals surface area contributed by atoms with Crippen molar-refractivity contribution in [3.8, 4) is 11.8 Å². The number of likely N-dealkylation sites (tertiary alicyclic amines) is 2. The van der Waals surface area contributed by atoms with E-state index in [0.717, 1.165) is 47.0 Å². The van der Waals surface area contributed by atoms with Gasteiger partial charge in [0.05, 0.1) is 69.6 Å². The first kappa shape index (κ1) is 72.3. The molecule has 3 saturated heterocycles. The van der Waals surface area contributed by atoms with Gasteiger partial charge in [-0.3, -0.25) is 68.3 Å². The second-order valence-corrected chi connectivity index (χ2v) is 24.3. The SMILES string of the molecule is C[C@H](NC(=O)[C@H](CCOCCNC(O)CCCc1ccc(I)cc1)NC(=O)CN1CCN(CC(=O)O)CCN(CC(=O)O)CCN(CC(=O)O)CC1)C(=O)N1CCC(CCCCOc2ccc3nccc(C(=O)NCC(=O)N4CC(F)(F)C[C@@H]4C#N)c3c2)CC1. The van der Waals surface area contributed by atoms with Gasteiger partial charge < -0.3 is 55.7 Å². The van der Waals surface area contributed by atoms with Crippen molar-refractivity contribution in [3.63, 3.8) is 0 Å². The van der Waals surface area contributed by atoms with Gasteiger partial charge in [-0.1, -0.05) is 18.6 Å². The van der Waals surface area contributed by atoms with Crippen molar-refractivity contribution in [2.75, 3.05) is 131 Å². The standard InChI is InChI=1S/C61H85F2IN12O14/c1-42(60(88)75-20-15-44(16-21-75)5-2-3-30-90-47-12-13-50-49(33-47)48(14-18-66-50)58(86)68-36-54(79)76-41-61(62,63)34-46(76)35-65)69-59(87)51(17-31-89-32-19-67-52(77)7-4-6-43-8-10-45(64)11-9-43)70-53(78)37-71-22-24-72(38-55(80)81)26-28-74(40-57(84)85)29-27-73(25-23-71)39-56(82)83/h8-14,18,33,42,44,46,51-52,67,77H,2-7,15-17,19-32,34,36-41H2,1H3,(H,68,86)(H,69,87)(H,70,78)(H,80,81)(H,82,83)(H,84,85)/t42-,46+,51-,52?/m0/s1. The maximum atomic E-state index is 14.1. The molecule has 3 aliphatic rings. The summed E-state index contributed by atoms with van der Waals surface area (Å²) < 4.78 is 40.9. The second kappa shape index (κ2) is 36.9. The third-order valence-corrected chi connectivity index (χ3v) is 16.8. The van der Waals surface area contributed by atoms with Crippen molar-refractivity contribution < 1.29 is 77.0 Å². The molecule has 5 amide bonds. The first-order chi connectivity index (χ1) is 43.0. The summed E-state index contributed by atoms with van der Waals surface area (Å²) in [6, 6.07) is 13.1. The van der Waals surface area contributed by atoms with Gasteiger partial charge in [0.1, 0.15) is 30.1 Å². The largest absolute Gasteiger partial charge is 0.494 e. The number of piperidine rings is 1. The van der Waals surface area contributed by atoms with Gasteiger partial charge in [-0.25, -0.2) is 8.78 Å². The lowest BCUT2D eigenvalue weighted by atomic mass is 9.91. The number of nitrogens with zero attached hydrogens (tertiary/aromatic N) is 8. The number of pyridine rings is 1. The van der Waals surface area contributed by atoms with E-state index in [4.69, 9.17) is 9.47 Å². The summed E-state index contributed by atoms with van der Waals surface area (Å²) in [6.45, 7) is 2.20. The van der Waals surface area contributed by atoms with Crippen LogP contribution in [0.3, 0.4) is 0 Å². The molecule has 90 heavy (non-hydrogen) atoms. The number of carboxylic acid groups (broad SMARTS) is 3. The second-order valence-electron chi connectivity index (χ2n) is 23.1. The molecule has 3 fully saturated rings. The number of alkyl halides is 2. The van der Waals surface area contributed by atoms with Gasteiger partial charge in [-0.2, -0.15) is 5.26 Å². The Morgan fingerprint density at radius 1 is 0.767 bits per heavy atom. The molecule has 1 unspecified atom stereocenters. The van der Waals surface area contributed by atoms with Crippen molar-refractivity contribution in [1.29, 1.82) is 5.26 Å². The Balaban J connectivity index is 0.980. The van der Waals surface area contributed by atoms with Gasteiger partial charge in [0.2, 0.25) is 23.6 Å². The highest BCUT2D eigenvalue weighted by Crippen LogP contribution is 2.32. The van der Waals surface area contributed by atoms with Gasteiger partial charge in [-0.05, 0) is 129 Å². The van der Waals surface area contributed by atoms with E-state index in [1.807, 2.05) is 12.1 Å². The van der Waals surface area contributed by atoms with Crippen LogP contribution in [0.2, 0.25) is 0 Å². The normalized spacial score (nSPS) is 18.5. The van der Waals surface area contributed by atoms with Crippen LogP contribution in [0.1, 0.15) is 80.6 Å². The molecule has 26 nitrogen and oxygen atoms in total. The molecular weight excluding hydrogens is 1290 g/mol. The fourth-order valence-electron chi connectivity index (χ4n) is 11.1. The molecule has 0 bridgehead atoms. The number of carbonyl (C=O) groups is 8. The molecule has 4 atom stereocenters. The van der Waals surface area contributed by atoms with Crippen LogP contribution in [0, 0.1) is 20.8 Å². The monoisotopic (exact) mass is 1370 g/mol. The Hall–Kier alpha value is -6.79. The minimum atomic E-state index is -3.19. The van der Waals surface area contributed by atoms with Crippen molar-refractivity contribution in [3.05, 3.63) is 69.4 Å². The van der Waals surface area contributed by atoms with Gasteiger partial charge in [-0.15, -0.1) is 0 Å². The maximum absolute atomic E-state index is 14.1. The summed E-state index contributed by atoms with van der Waals surface area (Å²) in [5.74, 6) is -8.51. The molecule has 0 radical (unpaired) electrons. The van der Waals surface area contributed by atoms with Gasteiger partial charge in [0, 0.05) is 100 Å². The summed E-state index contributed by atoms with van der Waals surface area (Å²) in [5.41, 5.74) is 1.87. The number of aliphatic hydroxyl groups excluding tert-OH is 1. The number of hydrogen-bond acceptors (Lipinski definition) is 18. The molecule has 29 heteroatoms. The number of aryl methyl sites for hydroxylation is 1. The number of benzene rings is 2. The minimum absolute atomic E-state index is 0.0185. The van der Waals surface area contributed by atoms with E-state index >= 15 is 0 Å². The summed E-state index contributed by atoms with van der Waals surface area (Å²) in [7, 11) is 0. The Kier molecular flexibility index (Phi) is 29.6. The third-order valence-electron chi connectivity index (χ3n) is 16.1. The highest BCUT2D eigenvalue weighted by Gasteiger charge is 2.47. The van der Waals surface area contributed by atoms with Gasteiger partial charge in [0.25, 0.3) is 11.8 Å². The molecule has 494 valence electrons. The first-order valence-corrected chi connectivity index (χ1v) is 31.7. The molecule has 1 aromatic heterocycles. The van der Waals surface area contributed by atoms with E-state index in [0.29, 0.717) is 61.7 Å². The smallest absolute Gasteiger partial charge is 0.317 e. The number of nitrogens with one attached hydrogen (secondary N) is 4. The Labute approximate surface area is 536 Å². The zero-order valence-electron chi connectivity index (χ0n) is 50.9. The van der Waals surface area contributed by atoms with Crippen LogP contribution in [0.25, 0.3) is 10.9 Å². The van der Waals surface area contributed by atoms with E-state index in [-0.39, 0.29) is 110 Å². The topological polar surface area (TPSA) is 340 Å². The maximum Gasteiger partial charge on any atom is 0.317 e. The number of carbonyl (C=O) groups excluding carboxylic acids is 5. The number of fused-ring (bicyclic) bond motifs is 1. The number of aliphatic hydroxyl groups is 1. The lowest BCUT2D eigenvalue weighted by molar-refractivity contribution is -0.140. The summed E-state index contributed by atoms with van der Waals surface area (Å²) >= 11 is 2.25. The van der Waals surface area contributed by atoms with Crippen LogP contribution in [-0.2, 0) is 44.7 Å². The average molecular weight is 1380 g/mol. The van der Waals surface area contributed by atoms with Crippen LogP contribution in [0.4, 0.5) is 8.78 Å². The number of aliphatic carboxylic acids is 3. The molecule has 0 saturated carbocycles. The summed E-state index contributed by atoms with van der Waals surface area (Å²) in [6.07, 6.45) is 5.94. The molecule has 0 spiro atoms. The average Bonchev–Trinajstić information content (AvgIpc) is 1.28.